The maximum Gasteiger partial charge on any atom is 0.269 e. The second kappa shape index (κ2) is 10.6. The third-order valence-corrected chi connectivity index (χ3v) is 6.85. The van der Waals surface area contributed by atoms with E-state index in [1.807, 2.05) is 27.0 Å². The Balaban J connectivity index is 1.37. The first-order valence-electron chi connectivity index (χ1n) is 12.1. The lowest BCUT2D eigenvalue weighted by Gasteiger charge is -2.34. The number of β-amino-alcohol motifs (C(OH)–C–C–N with tert-alkyl or cyclic N) is 1. The SMILES string of the molecule is CC(C)(C)[C@@H](C(=O)N1C[C@H](O)C[C@H]1C(=O)NCCNC(=O)c1ccc(Br)cn1)n1cc(C2CC2)nn1. The predicted octanol–water partition coefficient (Wildman–Crippen LogP) is 1.41. The van der Waals surface area contributed by atoms with Gasteiger partial charge in [-0.15, -0.1) is 5.10 Å². The minimum absolute atomic E-state index is 0.0691. The van der Waals surface area contributed by atoms with Gasteiger partial charge in [-0.1, -0.05) is 26.0 Å². The molecule has 2 aromatic rings. The van der Waals surface area contributed by atoms with Crippen LogP contribution in [-0.4, -0.2) is 79.5 Å². The molecule has 1 saturated heterocycles. The van der Waals surface area contributed by atoms with Gasteiger partial charge in [0.2, 0.25) is 11.8 Å². The van der Waals surface area contributed by atoms with Gasteiger partial charge in [0.15, 0.2) is 0 Å². The fraction of sp³-hybridized carbons (Fsp3) is 0.583. The van der Waals surface area contributed by atoms with Crippen LogP contribution in [0, 0.1) is 5.41 Å². The highest BCUT2D eigenvalue weighted by atomic mass is 79.9. The van der Waals surface area contributed by atoms with Gasteiger partial charge in [-0.05, 0) is 46.3 Å². The normalized spacial score (nSPS) is 20.8. The van der Waals surface area contributed by atoms with Crippen molar-refractivity contribution in [2.24, 2.45) is 5.41 Å². The molecule has 1 saturated carbocycles. The van der Waals surface area contributed by atoms with Crippen molar-refractivity contribution in [3.05, 3.63) is 40.4 Å². The minimum atomic E-state index is -0.812. The lowest BCUT2D eigenvalue weighted by molar-refractivity contribution is -0.144. The van der Waals surface area contributed by atoms with E-state index in [0.717, 1.165) is 23.0 Å². The van der Waals surface area contributed by atoms with E-state index in [0.29, 0.717) is 5.92 Å². The highest BCUT2D eigenvalue weighted by Crippen LogP contribution is 2.40. The van der Waals surface area contributed by atoms with E-state index in [9.17, 15) is 19.5 Å². The smallest absolute Gasteiger partial charge is 0.269 e. The lowest BCUT2D eigenvalue weighted by atomic mass is 9.85. The number of aliphatic hydroxyl groups is 1. The molecule has 2 aliphatic rings. The first-order valence-corrected chi connectivity index (χ1v) is 12.9. The zero-order valence-corrected chi connectivity index (χ0v) is 22.2. The first-order chi connectivity index (χ1) is 17.0. The van der Waals surface area contributed by atoms with Crippen LogP contribution < -0.4 is 10.6 Å². The summed E-state index contributed by atoms with van der Waals surface area (Å²) in [7, 11) is 0. The van der Waals surface area contributed by atoms with Crippen LogP contribution in [0.2, 0.25) is 0 Å². The number of carbonyl (C=O) groups is 3. The molecule has 11 nitrogen and oxygen atoms in total. The van der Waals surface area contributed by atoms with Crippen molar-refractivity contribution in [3.8, 4) is 0 Å². The van der Waals surface area contributed by atoms with Crippen molar-refractivity contribution in [2.45, 2.75) is 64.1 Å². The summed E-state index contributed by atoms with van der Waals surface area (Å²) in [6.07, 6.45) is 4.86. The minimum Gasteiger partial charge on any atom is -0.391 e. The number of pyridine rings is 1. The van der Waals surface area contributed by atoms with Crippen LogP contribution in [0.1, 0.15) is 68.2 Å². The van der Waals surface area contributed by atoms with Crippen molar-refractivity contribution in [3.63, 3.8) is 0 Å². The molecule has 1 aliphatic carbocycles. The summed E-state index contributed by atoms with van der Waals surface area (Å²) in [5.41, 5.74) is 0.658. The highest BCUT2D eigenvalue weighted by molar-refractivity contribution is 9.10. The van der Waals surface area contributed by atoms with Crippen molar-refractivity contribution in [1.82, 2.24) is 35.5 Å². The third-order valence-electron chi connectivity index (χ3n) is 6.38. The van der Waals surface area contributed by atoms with Gasteiger partial charge in [0.05, 0.1) is 11.8 Å². The molecule has 3 N–H and O–H groups in total. The van der Waals surface area contributed by atoms with Gasteiger partial charge in [-0.2, -0.15) is 0 Å². The van der Waals surface area contributed by atoms with E-state index in [-0.39, 0.29) is 49.5 Å². The maximum atomic E-state index is 13.7. The number of aliphatic hydroxyl groups excluding tert-OH is 1. The number of aromatic nitrogens is 4. The summed E-state index contributed by atoms with van der Waals surface area (Å²) in [5.74, 6) is -0.597. The topological polar surface area (TPSA) is 142 Å². The monoisotopic (exact) mass is 561 g/mol. The molecule has 2 aromatic heterocycles. The van der Waals surface area contributed by atoms with Gasteiger partial charge >= 0.3 is 0 Å². The Morgan fingerprint density at radius 1 is 1.19 bits per heavy atom. The summed E-state index contributed by atoms with van der Waals surface area (Å²) < 4.78 is 2.37. The molecule has 0 unspecified atom stereocenters. The van der Waals surface area contributed by atoms with Crippen molar-refractivity contribution < 1.29 is 19.5 Å². The average molecular weight is 562 g/mol. The Morgan fingerprint density at radius 3 is 2.56 bits per heavy atom. The Bertz CT molecular complexity index is 1110. The summed E-state index contributed by atoms with van der Waals surface area (Å²) in [6.45, 7) is 6.26. The molecule has 194 valence electrons. The van der Waals surface area contributed by atoms with E-state index in [1.165, 1.54) is 11.1 Å². The first kappa shape index (κ1) is 26.2. The predicted molar refractivity (Wildman–Crippen MR) is 134 cm³/mol. The molecule has 12 heteroatoms. The van der Waals surface area contributed by atoms with Gasteiger partial charge in [-0.3, -0.25) is 14.4 Å². The Kier molecular flexibility index (Phi) is 7.74. The van der Waals surface area contributed by atoms with E-state index in [4.69, 9.17) is 0 Å². The molecule has 3 amide bonds. The average Bonchev–Trinajstić information content (AvgIpc) is 3.43. The zero-order chi connectivity index (χ0) is 26.0. The van der Waals surface area contributed by atoms with Gasteiger partial charge in [-0.25, -0.2) is 9.67 Å². The third kappa shape index (κ3) is 6.09. The van der Waals surface area contributed by atoms with Crippen molar-refractivity contribution in [1.29, 1.82) is 0 Å². The van der Waals surface area contributed by atoms with Crippen LogP contribution in [0.25, 0.3) is 0 Å². The molecule has 2 fully saturated rings. The molecule has 0 radical (unpaired) electrons. The second-order valence-corrected chi connectivity index (χ2v) is 11.4. The number of hydrogen-bond acceptors (Lipinski definition) is 7. The van der Waals surface area contributed by atoms with Crippen LogP contribution in [0.5, 0.6) is 0 Å². The molecule has 0 spiro atoms. The summed E-state index contributed by atoms with van der Waals surface area (Å²) in [5, 5.41) is 24.3. The molecular weight excluding hydrogens is 530 g/mol. The number of carbonyl (C=O) groups excluding carboxylic acids is 3. The Labute approximate surface area is 218 Å². The van der Waals surface area contributed by atoms with Gasteiger partial charge < -0.3 is 20.6 Å². The quantitative estimate of drug-likeness (QED) is 0.413. The van der Waals surface area contributed by atoms with Crippen LogP contribution in [-0.2, 0) is 9.59 Å². The zero-order valence-electron chi connectivity index (χ0n) is 20.6. The molecule has 4 rings (SSSR count). The van der Waals surface area contributed by atoms with Gasteiger partial charge in [0, 0.05) is 48.8 Å². The van der Waals surface area contributed by atoms with Crippen LogP contribution in [0.4, 0.5) is 0 Å². The van der Waals surface area contributed by atoms with E-state index in [1.54, 1.807) is 16.8 Å². The Morgan fingerprint density at radius 2 is 1.92 bits per heavy atom. The molecular formula is C24H32BrN7O4. The fourth-order valence-electron chi connectivity index (χ4n) is 4.41. The van der Waals surface area contributed by atoms with Crippen LogP contribution in [0.15, 0.2) is 29.0 Å². The van der Waals surface area contributed by atoms with Crippen LogP contribution >= 0.6 is 15.9 Å². The molecule has 3 heterocycles. The molecule has 1 aliphatic heterocycles. The molecule has 0 aromatic carbocycles. The fourth-order valence-corrected chi connectivity index (χ4v) is 4.64. The van der Waals surface area contributed by atoms with E-state index in [2.05, 4.69) is 41.9 Å². The number of halogens is 1. The summed E-state index contributed by atoms with van der Waals surface area (Å²) >= 11 is 3.27. The second-order valence-electron chi connectivity index (χ2n) is 10.5. The van der Waals surface area contributed by atoms with Crippen molar-refractivity contribution in [2.75, 3.05) is 19.6 Å². The molecule has 36 heavy (non-hydrogen) atoms. The summed E-state index contributed by atoms with van der Waals surface area (Å²) in [4.78, 5) is 44.4. The number of hydrogen-bond donors (Lipinski definition) is 3. The number of nitrogens with one attached hydrogen (secondary N) is 2. The lowest BCUT2D eigenvalue weighted by Crippen LogP contribution is -2.51. The number of rotatable bonds is 8. The van der Waals surface area contributed by atoms with E-state index >= 15 is 0 Å². The molecule has 0 bridgehead atoms. The number of likely N-dealkylation sites (tertiary alicyclic amines) is 1. The summed E-state index contributed by atoms with van der Waals surface area (Å²) in [6, 6.07) is 1.83. The van der Waals surface area contributed by atoms with Gasteiger partial charge in [0.1, 0.15) is 17.8 Å². The van der Waals surface area contributed by atoms with Gasteiger partial charge in [0.25, 0.3) is 5.91 Å². The standard InChI is InChI=1S/C24H32BrN7O4/c1-24(2,3)20(32-13-18(29-30-32)14-4-5-14)23(36)31-12-16(33)10-19(31)22(35)27-9-8-26-21(34)17-7-6-15(25)11-28-17/h6-7,11,13-14,16,19-20,33H,4-5,8-10,12H2,1-3H3,(H,26,34)(H,27,35)/t16-,19+,20-/m1/s1. The largest absolute Gasteiger partial charge is 0.391 e. The molecule has 3 atom stereocenters. The van der Waals surface area contributed by atoms with Crippen molar-refractivity contribution >= 4 is 33.7 Å². The Hall–Kier alpha value is -2.86. The maximum absolute atomic E-state index is 13.7. The number of nitrogens with zero attached hydrogens (tertiary/aromatic N) is 5. The highest BCUT2D eigenvalue weighted by Gasteiger charge is 2.45. The number of amides is 3. The van der Waals surface area contributed by atoms with Crippen LogP contribution in [0.3, 0.4) is 0 Å². The van der Waals surface area contributed by atoms with E-state index < -0.39 is 23.6 Å².